The van der Waals surface area contributed by atoms with Crippen LogP contribution in [-0.4, -0.2) is 78.7 Å². The summed E-state index contributed by atoms with van der Waals surface area (Å²) in [7, 11) is 3.74. The predicted molar refractivity (Wildman–Crippen MR) is 113 cm³/mol. The van der Waals surface area contributed by atoms with E-state index in [0.717, 1.165) is 41.2 Å². The topological polar surface area (TPSA) is 64.2 Å². The molecular formula is C21H30N4O3S. The van der Waals surface area contributed by atoms with Crippen LogP contribution in [0.5, 0.6) is 0 Å². The SMILES string of the molecule is CCN1C(=O)CN(C)C(=O)c2c1sc1c2CCN(C(=O)C2CCCCCN2C)C1. The molecule has 1 aromatic heterocycles. The third-order valence-corrected chi connectivity index (χ3v) is 7.69. The Hall–Kier alpha value is -1.93. The molecule has 1 fully saturated rings. The molecule has 1 unspecified atom stereocenters. The summed E-state index contributed by atoms with van der Waals surface area (Å²) in [6.07, 6.45) is 5.03. The summed E-state index contributed by atoms with van der Waals surface area (Å²) in [5, 5.41) is 0.762. The molecule has 4 heterocycles. The van der Waals surface area contributed by atoms with E-state index in [1.165, 1.54) is 22.7 Å². The fraction of sp³-hybridized carbons (Fsp3) is 0.667. The Morgan fingerprint density at radius 2 is 1.90 bits per heavy atom. The minimum absolute atomic E-state index is 0.0432. The van der Waals surface area contributed by atoms with Crippen LogP contribution in [0.2, 0.25) is 0 Å². The summed E-state index contributed by atoms with van der Waals surface area (Å²) in [5.41, 5.74) is 1.71. The van der Waals surface area contributed by atoms with Gasteiger partial charge in [-0.2, -0.15) is 0 Å². The van der Waals surface area contributed by atoms with E-state index in [1.54, 1.807) is 11.9 Å². The van der Waals surface area contributed by atoms with Gasteiger partial charge in [-0.25, -0.2) is 0 Å². The molecule has 0 radical (unpaired) electrons. The van der Waals surface area contributed by atoms with Crippen molar-refractivity contribution in [1.82, 2.24) is 14.7 Å². The zero-order chi connectivity index (χ0) is 20.7. The highest BCUT2D eigenvalue weighted by atomic mass is 32.1. The summed E-state index contributed by atoms with van der Waals surface area (Å²) < 4.78 is 0. The second-order valence-electron chi connectivity index (χ2n) is 8.34. The molecule has 0 spiro atoms. The van der Waals surface area contributed by atoms with Crippen LogP contribution >= 0.6 is 11.3 Å². The van der Waals surface area contributed by atoms with Crippen molar-refractivity contribution in [3.63, 3.8) is 0 Å². The molecule has 0 bridgehead atoms. The molecule has 158 valence electrons. The van der Waals surface area contributed by atoms with Crippen LogP contribution in [0.25, 0.3) is 0 Å². The van der Waals surface area contributed by atoms with Gasteiger partial charge in [-0.05, 0) is 45.3 Å². The fourth-order valence-corrected chi connectivity index (χ4v) is 6.18. The van der Waals surface area contributed by atoms with Gasteiger partial charge < -0.3 is 14.7 Å². The van der Waals surface area contributed by atoms with Crippen molar-refractivity contribution in [3.05, 3.63) is 16.0 Å². The van der Waals surface area contributed by atoms with Crippen molar-refractivity contribution < 1.29 is 14.4 Å². The lowest BCUT2D eigenvalue weighted by Gasteiger charge is -2.33. The Labute approximate surface area is 176 Å². The van der Waals surface area contributed by atoms with Gasteiger partial charge in [-0.15, -0.1) is 11.3 Å². The van der Waals surface area contributed by atoms with Gasteiger partial charge in [0.15, 0.2) is 0 Å². The molecule has 8 heteroatoms. The maximum atomic E-state index is 13.3. The first-order valence-electron chi connectivity index (χ1n) is 10.6. The average molecular weight is 419 g/mol. The number of nitrogens with zero attached hydrogens (tertiary/aromatic N) is 4. The molecule has 1 atom stereocenters. The quantitative estimate of drug-likeness (QED) is 0.736. The highest BCUT2D eigenvalue weighted by Gasteiger charge is 2.38. The van der Waals surface area contributed by atoms with Crippen molar-refractivity contribution in [1.29, 1.82) is 0 Å². The zero-order valence-corrected chi connectivity index (χ0v) is 18.4. The smallest absolute Gasteiger partial charge is 0.257 e. The van der Waals surface area contributed by atoms with Crippen LogP contribution in [-0.2, 0) is 22.6 Å². The van der Waals surface area contributed by atoms with E-state index in [0.29, 0.717) is 31.6 Å². The lowest BCUT2D eigenvalue weighted by Crippen LogP contribution is -2.48. The summed E-state index contributed by atoms with van der Waals surface area (Å²) in [5.74, 6) is 0.0781. The molecule has 3 aliphatic rings. The molecule has 29 heavy (non-hydrogen) atoms. The van der Waals surface area contributed by atoms with E-state index >= 15 is 0 Å². The molecule has 1 saturated heterocycles. The molecule has 3 aliphatic heterocycles. The fourth-order valence-electron chi connectivity index (χ4n) is 4.75. The monoisotopic (exact) mass is 418 g/mol. The van der Waals surface area contributed by atoms with Gasteiger partial charge in [0.1, 0.15) is 11.5 Å². The Morgan fingerprint density at radius 3 is 2.66 bits per heavy atom. The summed E-state index contributed by atoms with van der Waals surface area (Å²) in [4.78, 5) is 47.3. The number of amides is 3. The molecule has 7 nitrogen and oxygen atoms in total. The molecule has 4 rings (SSSR count). The lowest BCUT2D eigenvalue weighted by molar-refractivity contribution is -0.137. The molecule has 0 aromatic carbocycles. The van der Waals surface area contributed by atoms with Crippen molar-refractivity contribution in [2.45, 2.75) is 51.6 Å². The zero-order valence-electron chi connectivity index (χ0n) is 17.6. The first kappa shape index (κ1) is 20.3. The normalized spacial score (nSPS) is 23.6. The van der Waals surface area contributed by atoms with Crippen molar-refractivity contribution in [2.75, 3.05) is 45.2 Å². The molecule has 1 aromatic rings. The number of hydrogen-bond acceptors (Lipinski definition) is 5. The predicted octanol–water partition coefficient (Wildman–Crippen LogP) is 1.95. The number of hydrogen-bond donors (Lipinski definition) is 0. The average Bonchev–Trinajstić information content (AvgIpc) is 2.88. The second-order valence-corrected chi connectivity index (χ2v) is 9.42. The van der Waals surface area contributed by atoms with E-state index in [-0.39, 0.29) is 30.3 Å². The van der Waals surface area contributed by atoms with Gasteiger partial charge in [0.2, 0.25) is 11.8 Å². The maximum Gasteiger partial charge on any atom is 0.257 e. The number of likely N-dealkylation sites (N-methyl/N-ethyl adjacent to an activating group) is 3. The van der Waals surface area contributed by atoms with Crippen LogP contribution < -0.4 is 4.90 Å². The van der Waals surface area contributed by atoms with E-state index in [4.69, 9.17) is 0 Å². The number of rotatable bonds is 2. The van der Waals surface area contributed by atoms with Crippen LogP contribution in [0.1, 0.15) is 53.4 Å². The minimum atomic E-state index is -0.0786. The number of likely N-dealkylation sites (tertiary alicyclic amines) is 1. The first-order chi connectivity index (χ1) is 13.9. The second kappa shape index (κ2) is 8.07. The van der Waals surface area contributed by atoms with Gasteiger partial charge >= 0.3 is 0 Å². The van der Waals surface area contributed by atoms with Gasteiger partial charge in [-0.3, -0.25) is 19.3 Å². The van der Waals surface area contributed by atoms with Crippen molar-refractivity contribution >= 4 is 34.1 Å². The van der Waals surface area contributed by atoms with Crippen molar-refractivity contribution in [2.24, 2.45) is 0 Å². The molecule has 0 saturated carbocycles. The molecule has 3 amide bonds. The third kappa shape index (κ3) is 3.57. The van der Waals surface area contributed by atoms with Crippen LogP contribution in [0.4, 0.5) is 5.00 Å². The summed E-state index contributed by atoms with van der Waals surface area (Å²) in [6, 6.07) is -0.0432. The Morgan fingerprint density at radius 1 is 1.10 bits per heavy atom. The van der Waals surface area contributed by atoms with Gasteiger partial charge in [-0.1, -0.05) is 12.8 Å². The first-order valence-corrected chi connectivity index (χ1v) is 11.4. The Bertz CT molecular complexity index is 836. The largest absolute Gasteiger partial charge is 0.336 e. The molecule has 0 aliphatic carbocycles. The van der Waals surface area contributed by atoms with Gasteiger partial charge in [0.05, 0.1) is 18.2 Å². The number of carbonyl (C=O) groups is 3. The number of thiophene rings is 1. The van der Waals surface area contributed by atoms with Gasteiger partial charge in [0, 0.05) is 25.0 Å². The summed E-state index contributed by atoms with van der Waals surface area (Å²) >= 11 is 1.52. The Balaban J connectivity index is 1.63. The highest BCUT2D eigenvalue weighted by Crippen LogP contribution is 2.41. The van der Waals surface area contributed by atoms with Crippen LogP contribution in [0.3, 0.4) is 0 Å². The number of carbonyl (C=O) groups excluding carboxylic acids is 3. The molecular weight excluding hydrogens is 388 g/mol. The van der Waals surface area contributed by atoms with E-state index in [9.17, 15) is 14.4 Å². The molecule has 0 N–H and O–H groups in total. The third-order valence-electron chi connectivity index (χ3n) is 6.45. The van der Waals surface area contributed by atoms with E-state index < -0.39 is 0 Å². The standard InChI is InChI=1S/C21H30N4O3S/c1-4-25-17(26)13-23(3)20(28)18-14-9-11-24(12-16(14)29-21(18)25)19(27)15-8-6-5-7-10-22(15)2/h15H,4-13H2,1-3H3. The summed E-state index contributed by atoms with van der Waals surface area (Å²) in [6.45, 7) is 4.74. The van der Waals surface area contributed by atoms with Crippen LogP contribution in [0, 0.1) is 0 Å². The van der Waals surface area contributed by atoms with E-state index in [1.807, 2.05) is 11.8 Å². The number of fused-ring (bicyclic) bond motifs is 3. The minimum Gasteiger partial charge on any atom is -0.336 e. The lowest BCUT2D eigenvalue weighted by atomic mass is 10.0. The van der Waals surface area contributed by atoms with E-state index in [2.05, 4.69) is 11.9 Å². The number of anilines is 1. The van der Waals surface area contributed by atoms with Gasteiger partial charge in [0.25, 0.3) is 5.91 Å². The van der Waals surface area contributed by atoms with Crippen LogP contribution in [0.15, 0.2) is 0 Å². The highest BCUT2D eigenvalue weighted by molar-refractivity contribution is 7.17. The van der Waals surface area contributed by atoms with Crippen molar-refractivity contribution in [3.8, 4) is 0 Å². The Kier molecular flexibility index (Phi) is 5.66. The maximum absolute atomic E-state index is 13.3.